The first-order chi connectivity index (χ1) is 8.69. The zero-order valence-corrected chi connectivity index (χ0v) is 13.5. The molecule has 0 saturated carbocycles. The van der Waals surface area contributed by atoms with Crippen molar-refractivity contribution in [2.24, 2.45) is 0 Å². The highest BCUT2D eigenvalue weighted by Crippen LogP contribution is 2.26. The Bertz CT molecular complexity index is 397. The van der Waals surface area contributed by atoms with Crippen molar-refractivity contribution in [3.8, 4) is 0 Å². The average molecular weight is 380 g/mol. The maximum absolute atomic E-state index is 5.97. The van der Waals surface area contributed by atoms with E-state index in [1.165, 1.54) is 15.7 Å². The van der Waals surface area contributed by atoms with Crippen LogP contribution in [0.15, 0.2) is 18.2 Å². The number of rotatable bonds is 4. The van der Waals surface area contributed by atoms with Crippen LogP contribution < -0.4 is 5.32 Å². The number of hydrogen-bond donors (Lipinski definition) is 1. The lowest BCUT2D eigenvalue weighted by atomic mass is 10.00. The van der Waals surface area contributed by atoms with E-state index in [1.807, 2.05) is 12.1 Å². The molecule has 0 bridgehead atoms. The van der Waals surface area contributed by atoms with Gasteiger partial charge in [0.15, 0.2) is 0 Å². The molecule has 1 aromatic rings. The molecule has 1 aromatic carbocycles. The van der Waals surface area contributed by atoms with Crippen molar-refractivity contribution < 1.29 is 4.74 Å². The second kappa shape index (κ2) is 6.96. The lowest BCUT2D eigenvalue weighted by Gasteiger charge is -2.31. The van der Waals surface area contributed by atoms with Crippen LogP contribution in [0.1, 0.15) is 32.6 Å². The summed E-state index contributed by atoms with van der Waals surface area (Å²) in [5.74, 6) is 0. The minimum absolute atomic E-state index is 0.422. The minimum Gasteiger partial charge on any atom is -0.381 e. The highest BCUT2D eigenvalue weighted by molar-refractivity contribution is 14.1. The molecule has 2 nitrogen and oxygen atoms in total. The maximum Gasteiger partial charge on any atom is 0.0594 e. The van der Waals surface area contributed by atoms with Gasteiger partial charge in [-0.1, -0.05) is 24.9 Å². The number of nitrogens with one attached hydrogen (secondary N) is 1. The van der Waals surface area contributed by atoms with Crippen LogP contribution in [0, 0.1) is 3.57 Å². The molecule has 2 unspecified atom stereocenters. The summed E-state index contributed by atoms with van der Waals surface area (Å²) in [6.45, 7) is 3.08. The summed E-state index contributed by atoms with van der Waals surface area (Å²) in [5, 5.41) is 4.41. The Labute approximate surface area is 128 Å². The van der Waals surface area contributed by atoms with Gasteiger partial charge >= 0.3 is 0 Å². The first kappa shape index (κ1) is 14.4. The summed E-state index contributed by atoms with van der Waals surface area (Å²) >= 11 is 8.30. The number of anilines is 1. The molecule has 0 aromatic heterocycles. The number of halogens is 2. The molecule has 0 radical (unpaired) electrons. The van der Waals surface area contributed by atoms with Crippen LogP contribution in [0.2, 0.25) is 5.02 Å². The van der Waals surface area contributed by atoms with Gasteiger partial charge in [0.1, 0.15) is 0 Å². The number of benzene rings is 1. The predicted octanol–water partition coefficient (Wildman–Crippen LogP) is 4.70. The molecule has 1 aliphatic rings. The smallest absolute Gasteiger partial charge is 0.0594 e. The summed E-state index contributed by atoms with van der Waals surface area (Å²) in [6.07, 6.45) is 4.96. The highest BCUT2D eigenvalue weighted by Gasteiger charge is 2.22. The second-order valence-electron chi connectivity index (χ2n) is 4.77. The van der Waals surface area contributed by atoms with Crippen molar-refractivity contribution in [2.75, 3.05) is 11.9 Å². The van der Waals surface area contributed by atoms with E-state index in [1.54, 1.807) is 0 Å². The molecule has 0 spiro atoms. The van der Waals surface area contributed by atoms with Crippen molar-refractivity contribution in [1.29, 1.82) is 0 Å². The van der Waals surface area contributed by atoms with Crippen LogP contribution in [0.5, 0.6) is 0 Å². The van der Waals surface area contributed by atoms with E-state index in [-0.39, 0.29) is 0 Å². The van der Waals surface area contributed by atoms with Crippen molar-refractivity contribution in [2.45, 2.75) is 44.8 Å². The van der Waals surface area contributed by atoms with Crippen molar-refractivity contribution in [3.63, 3.8) is 0 Å². The molecular formula is C14H19ClINO. The highest BCUT2D eigenvalue weighted by atomic mass is 127. The Kier molecular flexibility index (Phi) is 5.57. The monoisotopic (exact) mass is 379 g/mol. The summed E-state index contributed by atoms with van der Waals surface area (Å²) < 4.78 is 6.95. The van der Waals surface area contributed by atoms with Gasteiger partial charge in [0.2, 0.25) is 0 Å². The average Bonchev–Trinajstić information content (AvgIpc) is 2.34. The predicted molar refractivity (Wildman–Crippen MR) is 85.5 cm³/mol. The van der Waals surface area contributed by atoms with Crippen LogP contribution in [-0.4, -0.2) is 18.8 Å². The largest absolute Gasteiger partial charge is 0.381 e. The summed E-state index contributed by atoms with van der Waals surface area (Å²) in [7, 11) is 0. The van der Waals surface area contributed by atoms with Gasteiger partial charge in [-0.2, -0.15) is 0 Å². The summed E-state index contributed by atoms with van der Waals surface area (Å²) in [6, 6.07) is 6.52. The first-order valence-corrected chi connectivity index (χ1v) is 7.98. The van der Waals surface area contributed by atoms with Crippen molar-refractivity contribution in [3.05, 3.63) is 26.8 Å². The van der Waals surface area contributed by atoms with E-state index >= 15 is 0 Å². The zero-order valence-electron chi connectivity index (χ0n) is 10.6. The van der Waals surface area contributed by atoms with Crippen LogP contribution in [0.3, 0.4) is 0 Å². The van der Waals surface area contributed by atoms with Crippen LogP contribution in [-0.2, 0) is 4.74 Å². The molecule has 2 atom stereocenters. The normalized spacial score (nSPS) is 23.9. The molecule has 4 heteroatoms. The molecule has 0 aliphatic carbocycles. The van der Waals surface area contributed by atoms with Gasteiger partial charge in [0, 0.05) is 26.9 Å². The third kappa shape index (κ3) is 4.00. The Balaban J connectivity index is 1.96. The molecular weight excluding hydrogens is 361 g/mol. The second-order valence-corrected chi connectivity index (χ2v) is 6.37. The first-order valence-electron chi connectivity index (χ1n) is 6.52. The fourth-order valence-electron chi connectivity index (χ4n) is 2.36. The quantitative estimate of drug-likeness (QED) is 0.765. The fourth-order valence-corrected chi connectivity index (χ4v) is 3.39. The molecule has 100 valence electrons. The number of ether oxygens (including phenoxy) is 1. The van der Waals surface area contributed by atoms with Gasteiger partial charge in [0.25, 0.3) is 0 Å². The fraction of sp³-hybridized carbons (Fsp3) is 0.571. The van der Waals surface area contributed by atoms with E-state index in [0.717, 1.165) is 30.9 Å². The van der Waals surface area contributed by atoms with E-state index < -0.39 is 0 Å². The topological polar surface area (TPSA) is 21.3 Å². The molecule has 2 rings (SSSR count). The third-order valence-electron chi connectivity index (χ3n) is 3.27. The molecule has 18 heavy (non-hydrogen) atoms. The van der Waals surface area contributed by atoms with E-state index in [2.05, 4.69) is 40.9 Å². The van der Waals surface area contributed by atoms with Crippen molar-refractivity contribution in [1.82, 2.24) is 0 Å². The SMILES string of the molecule is CCCC1CC(Nc2ccc(Cl)cc2I)CCO1. The molecule has 1 heterocycles. The van der Waals surface area contributed by atoms with Crippen LogP contribution >= 0.6 is 34.2 Å². The molecule has 1 saturated heterocycles. The minimum atomic E-state index is 0.422. The molecule has 1 fully saturated rings. The lowest BCUT2D eigenvalue weighted by molar-refractivity contribution is 0.00597. The summed E-state index contributed by atoms with van der Waals surface area (Å²) in [5.41, 5.74) is 1.18. The Morgan fingerprint density at radius 3 is 3.06 bits per heavy atom. The Morgan fingerprint density at radius 1 is 1.50 bits per heavy atom. The zero-order chi connectivity index (χ0) is 13.0. The van der Waals surface area contributed by atoms with Gasteiger partial charge in [0.05, 0.1) is 6.10 Å². The van der Waals surface area contributed by atoms with Crippen LogP contribution in [0.4, 0.5) is 5.69 Å². The maximum atomic E-state index is 5.97. The summed E-state index contributed by atoms with van der Waals surface area (Å²) in [4.78, 5) is 0. The van der Waals surface area contributed by atoms with Crippen molar-refractivity contribution >= 4 is 39.9 Å². The van der Waals surface area contributed by atoms with Gasteiger partial charge in [-0.05, 0) is 60.1 Å². The third-order valence-corrected chi connectivity index (χ3v) is 4.40. The molecule has 1 N–H and O–H groups in total. The Morgan fingerprint density at radius 2 is 2.33 bits per heavy atom. The van der Waals surface area contributed by atoms with E-state index in [0.29, 0.717) is 12.1 Å². The van der Waals surface area contributed by atoms with Gasteiger partial charge in [-0.3, -0.25) is 0 Å². The van der Waals surface area contributed by atoms with Gasteiger partial charge in [-0.15, -0.1) is 0 Å². The van der Waals surface area contributed by atoms with Crippen LogP contribution in [0.25, 0.3) is 0 Å². The molecule has 1 aliphatic heterocycles. The molecule has 0 amide bonds. The standard InChI is InChI=1S/C14H19ClINO/c1-2-3-12-9-11(6-7-18-12)17-14-5-4-10(15)8-13(14)16/h4-5,8,11-12,17H,2-3,6-7,9H2,1H3. The Hall–Kier alpha value is -0.0000000000000000763. The van der Waals surface area contributed by atoms with Gasteiger partial charge < -0.3 is 10.1 Å². The number of hydrogen-bond acceptors (Lipinski definition) is 2. The van der Waals surface area contributed by atoms with E-state index in [9.17, 15) is 0 Å². The van der Waals surface area contributed by atoms with E-state index in [4.69, 9.17) is 16.3 Å². The van der Waals surface area contributed by atoms with Gasteiger partial charge in [-0.25, -0.2) is 0 Å². The lowest BCUT2D eigenvalue weighted by Crippen LogP contribution is -2.34.